The maximum Gasteiger partial charge on any atom is 0.460 e. The van der Waals surface area contributed by atoms with Gasteiger partial charge in [-0.2, -0.15) is 83.1 Å². The summed E-state index contributed by atoms with van der Waals surface area (Å²) in [4.78, 5) is 1.79. The lowest BCUT2D eigenvalue weighted by Crippen LogP contribution is -2.74. The van der Waals surface area contributed by atoms with Crippen LogP contribution in [-0.2, 0) is 19.5 Å². The zero-order valence-electron chi connectivity index (χ0n) is 13.0. The fraction of sp³-hybridized carbons (Fsp3) is 1.00. The molecule has 0 unspecified atom stereocenters. The average molecular weight is 531 g/mol. The predicted octanol–water partition coefficient (Wildman–Crippen LogP) is 4.11. The topological polar surface area (TPSA) is 78.6 Å². The Morgan fingerprint density at radius 1 is 0.484 bits per heavy atom. The minimum absolute atomic E-state index is 1.79. The van der Waals surface area contributed by atoms with Gasteiger partial charge in [0, 0.05) is 0 Å². The minimum Gasteiger partial charge on any atom is -0.203 e. The third kappa shape index (κ3) is 4.31. The fourth-order valence-electron chi connectivity index (χ4n) is 1.29. The molecule has 0 atom stereocenters. The molecule has 0 amide bonds. The first-order valence-corrected chi connectivity index (χ1v) is 7.54. The first-order valence-electron chi connectivity index (χ1n) is 6.07. The number of hydrogen-bond donors (Lipinski definition) is 1. The van der Waals surface area contributed by atoms with Crippen LogP contribution >= 0.6 is 0 Å². The maximum absolute atomic E-state index is 13.2. The van der Waals surface area contributed by atoms with E-state index in [9.17, 15) is 83.1 Å². The lowest BCUT2D eigenvalue weighted by atomic mass is 9.90. The van der Waals surface area contributed by atoms with Crippen molar-refractivity contribution in [2.75, 3.05) is 0 Å². The van der Waals surface area contributed by atoms with Gasteiger partial charge in [-0.1, -0.05) is 4.33 Å². The van der Waals surface area contributed by atoms with Gasteiger partial charge in [0.25, 0.3) is 0 Å². The van der Waals surface area contributed by atoms with E-state index in [1.165, 1.54) is 0 Å². The molecule has 5 nitrogen and oxygen atoms in total. The Hall–Kier alpha value is -1.36. The first kappa shape index (κ1) is 29.6. The summed E-state index contributed by atoms with van der Waals surface area (Å²) in [5.74, 6) is -51.5. The van der Waals surface area contributed by atoms with Crippen LogP contribution in [0, 0.1) is 0 Å². The van der Waals surface area contributed by atoms with E-state index in [1.54, 1.807) is 4.89 Å². The van der Waals surface area contributed by atoms with Crippen molar-refractivity contribution in [3.05, 3.63) is 0 Å². The van der Waals surface area contributed by atoms with Crippen LogP contribution in [0.2, 0.25) is 0 Å². The molecule has 0 aromatic rings. The van der Waals surface area contributed by atoms with E-state index in [-0.39, 0.29) is 0 Å². The molecular weight excluding hydrogens is 529 g/mol. The van der Waals surface area contributed by atoms with Gasteiger partial charge in [-0.3, -0.25) is 0 Å². The maximum atomic E-state index is 13.2. The Labute approximate surface area is 157 Å². The Balaban J connectivity index is 6.62. The number of alkyl halides is 17. The van der Waals surface area contributed by atoms with E-state index >= 15 is 0 Å². The van der Waals surface area contributed by atoms with E-state index in [1.807, 2.05) is 0 Å². The van der Waals surface area contributed by atoms with Gasteiger partial charge in [0.05, 0.1) is 0 Å². The summed E-state index contributed by atoms with van der Waals surface area (Å²) in [5.41, 5.74) is 0. The summed E-state index contributed by atoms with van der Waals surface area (Å²) in [7, 11) is -5.95. The van der Waals surface area contributed by atoms with E-state index in [0.29, 0.717) is 0 Å². The summed E-state index contributed by atoms with van der Waals surface area (Å²) < 4.78 is 239. The van der Waals surface area contributed by atoms with Crippen LogP contribution in [-0.4, -0.2) is 56.2 Å². The molecule has 23 heteroatoms. The van der Waals surface area contributed by atoms with Crippen LogP contribution in [0.1, 0.15) is 0 Å². The molecule has 0 spiro atoms. The van der Waals surface area contributed by atoms with Crippen LogP contribution in [0.25, 0.3) is 0 Å². The van der Waals surface area contributed by atoms with Crippen molar-refractivity contribution in [3.63, 3.8) is 0 Å². The molecule has 0 rings (SSSR count). The van der Waals surface area contributed by atoms with Crippen LogP contribution in [0.15, 0.2) is 0 Å². The standard InChI is InChI=1S/C8H2F17NO4S/c9-1(10,3(13,14)5(17,18)7(21,22)23)2(11,12)4(15,16)6(19,20)8(24,25)29-30-31(26,27)28/h(H2,26,27,28). The van der Waals surface area contributed by atoms with Gasteiger partial charge in [0.2, 0.25) is 0 Å². The Kier molecular flexibility index (Phi) is 7.01. The third-order valence-corrected chi connectivity index (χ3v) is 3.18. The highest BCUT2D eigenvalue weighted by Crippen LogP contribution is 2.64. The van der Waals surface area contributed by atoms with Crippen molar-refractivity contribution in [2.45, 2.75) is 47.8 Å². The van der Waals surface area contributed by atoms with E-state index < -0.39 is 58.1 Å². The zero-order valence-corrected chi connectivity index (χ0v) is 13.9. The van der Waals surface area contributed by atoms with Gasteiger partial charge >= 0.3 is 58.1 Å². The van der Waals surface area contributed by atoms with E-state index in [2.05, 4.69) is 9.47 Å². The first-order chi connectivity index (χ1) is 13.0. The van der Waals surface area contributed by atoms with Gasteiger partial charge < -0.3 is 0 Å². The molecule has 0 saturated heterocycles. The second-order valence-electron chi connectivity index (χ2n) is 5.11. The summed E-state index contributed by atoms with van der Waals surface area (Å²) in [6.45, 7) is 0. The smallest absolute Gasteiger partial charge is 0.203 e. The van der Waals surface area contributed by atoms with Crippen molar-refractivity contribution in [2.24, 2.45) is 5.14 Å². The number of rotatable bonds is 9. The molecule has 0 bridgehead atoms. The molecule has 0 saturated carbocycles. The van der Waals surface area contributed by atoms with Crippen LogP contribution in [0.4, 0.5) is 74.6 Å². The highest BCUT2D eigenvalue weighted by atomic mass is 32.2. The quantitative estimate of drug-likeness (QED) is 0.276. The van der Waals surface area contributed by atoms with Crippen LogP contribution in [0.5, 0.6) is 0 Å². The van der Waals surface area contributed by atoms with Gasteiger partial charge in [0.1, 0.15) is 0 Å². The van der Waals surface area contributed by atoms with Crippen LogP contribution < -0.4 is 5.14 Å². The van der Waals surface area contributed by atoms with Crippen LogP contribution in [0.3, 0.4) is 0 Å². The second-order valence-corrected chi connectivity index (χ2v) is 6.23. The molecular formula is C8H2F17NO4S. The van der Waals surface area contributed by atoms with Gasteiger partial charge in [-0.15, -0.1) is 4.89 Å². The zero-order chi connectivity index (χ0) is 25.9. The summed E-state index contributed by atoms with van der Waals surface area (Å²) in [6.07, 6.45) is -15.4. The number of nitrogens with two attached hydrogens (primary N) is 1. The third-order valence-electron chi connectivity index (χ3n) is 2.93. The SMILES string of the molecule is NS(=O)(=O)OOC(F)(F)C(F)(F)C(F)(F)C(F)(F)C(F)(F)C(F)(F)C(F)(F)C(F)(F)F. The molecule has 0 radical (unpaired) electrons. The van der Waals surface area contributed by atoms with Crippen molar-refractivity contribution < 1.29 is 92.3 Å². The monoisotopic (exact) mass is 531 g/mol. The molecule has 2 N–H and O–H groups in total. The Morgan fingerprint density at radius 3 is 1.00 bits per heavy atom. The predicted molar refractivity (Wildman–Crippen MR) is 56.0 cm³/mol. The second kappa shape index (κ2) is 7.33. The van der Waals surface area contributed by atoms with Gasteiger partial charge in [0.15, 0.2) is 0 Å². The molecule has 0 fully saturated rings. The average Bonchev–Trinajstić information content (AvgIpc) is 2.50. The van der Waals surface area contributed by atoms with Crippen molar-refractivity contribution in [1.82, 2.24) is 0 Å². The molecule has 31 heavy (non-hydrogen) atoms. The number of halogens is 17. The molecule has 0 aromatic carbocycles. The summed E-state index contributed by atoms with van der Waals surface area (Å²) in [6, 6.07) is 0. The normalized spacial score (nSPS) is 16.6. The molecule has 0 heterocycles. The lowest BCUT2D eigenvalue weighted by molar-refractivity contribution is -0.507. The highest BCUT2D eigenvalue weighted by Gasteiger charge is 2.95. The molecule has 0 aliphatic carbocycles. The van der Waals surface area contributed by atoms with Crippen molar-refractivity contribution in [3.8, 4) is 0 Å². The Bertz CT molecular complexity index is 771. The van der Waals surface area contributed by atoms with E-state index in [0.717, 1.165) is 0 Å². The molecule has 0 aromatic heterocycles. The Morgan fingerprint density at radius 2 is 0.742 bits per heavy atom. The minimum atomic E-state index is -8.82. The van der Waals surface area contributed by atoms with E-state index in [4.69, 9.17) is 0 Å². The van der Waals surface area contributed by atoms with Gasteiger partial charge in [-0.05, 0) is 0 Å². The van der Waals surface area contributed by atoms with Gasteiger partial charge in [-0.25, -0.2) is 5.14 Å². The van der Waals surface area contributed by atoms with Crippen molar-refractivity contribution >= 4 is 10.3 Å². The lowest BCUT2D eigenvalue weighted by Gasteiger charge is -2.42. The highest BCUT2D eigenvalue weighted by molar-refractivity contribution is 7.84. The molecule has 0 aliphatic rings. The summed E-state index contributed by atoms with van der Waals surface area (Å²) >= 11 is 0. The summed E-state index contributed by atoms with van der Waals surface area (Å²) in [5, 5.41) is 3.70. The van der Waals surface area contributed by atoms with Crippen molar-refractivity contribution in [1.29, 1.82) is 0 Å². The molecule has 0 aliphatic heterocycles. The largest absolute Gasteiger partial charge is 0.460 e. The number of hydrogen-bond acceptors (Lipinski definition) is 4. The fourth-order valence-corrected chi connectivity index (χ4v) is 1.47. The molecule has 188 valence electrons.